The van der Waals surface area contributed by atoms with E-state index in [1.807, 2.05) is 6.92 Å². The number of allylic oxidation sites excluding steroid dienone is 2. The molecule has 0 aliphatic carbocycles. The molecule has 2 unspecified atom stereocenters. The number of ether oxygens (including phenoxy) is 1. The lowest BCUT2D eigenvalue weighted by atomic mass is 9.97. The van der Waals surface area contributed by atoms with E-state index in [0.717, 1.165) is 0 Å². The molecule has 1 rings (SSSR count). The third-order valence-corrected chi connectivity index (χ3v) is 4.67. The van der Waals surface area contributed by atoms with E-state index in [0.29, 0.717) is 40.3 Å². The van der Waals surface area contributed by atoms with Crippen LogP contribution in [0.5, 0.6) is 0 Å². The van der Waals surface area contributed by atoms with Crippen molar-refractivity contribution in [3.63, 3.8) is 0 Å². The Kier molecular flexibility index (Phi) is 10.1. The summed E-state index contributed by atoms with van der Waals surface area (Å²) in [5.41, 5.74) is 1.15. The van der Waals surface area contributed by atoms with Gasteiger partial charge in [0.05, 0.1) is 18.7 Å². The molecule has 158 valence electrons. The highest BCUT2D eigenvalue weighted by Crippen LogP contribution is 2.29. The van der Waals surface area contributed by atoms with Crippen molar-refractivity contribution >= 4 is 29.4 Å². The number of nitriles is 1. The highest BCUT2D eigenvalue weighted by Gasteiger charge is 2.27. The van der Waals surface area contributed by atoms with Crippen LogP contribution in [0.15, 0.2) is 61.5 Å². The number of nitrogens with zero attached hydrogens (tertiary/aromatic N) is 2. The smallest absolute Gasteiger partial charge is 0.243 e. The monoisotopic (exact) mass is 427 g/mol. The first-order valence-electron chi connectivity index (χ1n) is 9.19. The lowest BCUT2D eigenvalue weighted by molar-refractivity contribution is -0.126. The molecule has 1 N–H and O–H groups in total. The maximum absolute atomic E-state index is 12.7. The summed E-state index contributed by atoms with van der Waals surface area (Å²) in [5, 5.41) is 12.7. The number of benzene rings is 1. The lowest BCUT2D eigenvalue weighted by Gasteiger charge is -2.30. The quantitative estimate of drug-likeness (QED) is 0.191. The number of rotatable bonds is 11. The fraction of sp³-hybridized carbons (Fsp3) is 0.261. The van der Waals surface area contributed by atoms with E-state index < -0.39 is 6.04 Å². The molecular weight excluding hydrogens is 402 g/mol. The van der Waals surface area contributed by atoms with E-state index in [-0.39, 0.29) is 11.8 Å². The normalized spacial score (nSPS) is 13.4. The van der Waals surface area contributed by atoms with Crippen LogP contribution in [-0.2, 0) is 14.3 Å². The predicted octanol–water partition coefficient (Wildman–Crippen LogP) is 3.71. The summed E-state index contributed by atoms with van der Waals surface area (Å²) in [6.07, 6.45) is 6.78. The van der Waals surface area contributed by atoms with Crippen molar-refractivity contribution in [2.24, 2.45) is 5.92 Å². The Morgan fingerprint density at radius 2 is 2.13 bits per heavy atom. The van der Waals surface area contributed by atoms with Crippen molar-refractivity contribution in [1.82, 2.24) is 10.2 Å². The minimum absolute atomic E-state index is 0.187. The first-order chi connectivity index (χ1) is 14.3. The number of likely N-dealkylation sites (N-methyl/N-ethyl adjacent to an activating group) is 1. The van der Waals surface area contributed by atoms with Gasteiger partial charge < -0.3 is 15.0 Å². The molecule has 0 bridgehead atoms. The van der Waals surface area contributed by atoms with Crippen LogP contribution in [0.4, 0.5) is 0 Å². The second kappa shape index (κ2) is 12.3. The van der Waals surface area contributed by atoms with Gasteiger partial charge in [0.25, 0.3) is 0 Å². The first-order valence-corrected chi connectivity index (χ1v) is 9.57. The zero-order chi connectivity index (χ0) is 22.7. The van der Waals surface area contributed by atoms with Gasteiger partial charge in [-0.05, 0) is 24.3 Å². The average Bonchev–Trinajstić information content (AvgIpc) is 2.74. The number of hydrogen-bond acceptors (Lipinski definition) is 5. The number of aldehydes is 1. The van der Waals surface area contributed by atoms with Crippen molar-refractivity contribution in [3.8, 4) is 6.07 Å². The van der Waals surface area contributed by atoms with E-state index >= 15 is 0 Å². The number of halogens is 1. The summed E-state index contributed by atoms with van der Waals surface area (Å²) in [6, 6.07) is 6.25. The van der Waals surface area contributed by atoms with Crippen LogP contribution < -0.4 is 5.32 Å². The van der Waals surface area contributed by atoms with E-state index in [9.17, 15) is 14.9 Å². The van der Waals surface area contributed by atoms with Crippen LogP contribution >= 0.6 is 11.6 Å². The maximum atomic E-state index is 12.7. The van der Waals surface area contributed by atoms with Crippen molar-refractivity contribution < 1.29 is 14.3 Å². The molecule has 0 aliphatic rings. The molecule has 0 aromatic heterocycles. The fourth-order valence-corrected chi connectivity index (χ4v) is 3.08. The van der Waals surface area contributed by atoms with Crippen LogP contribution in [-0.4, -0.2) is 43.8 Å². The van der Waals surface area contributed by atoms with Crippen molar-refractivity contribution in [1.29, 1.82) is 5.26 Å². The summed E-state index contributed by atoms with van der Waals surface area (Å²) in [7, 11) is 3.16. The van der Waals surface area contributed by atoms with Gasteiger partial charge in [0, 0.05) is 41.9 Å². The Morgan fingerprint density at radius 3 is 2.67 bits per heavy atom. The molecule has 0 heterocycles. The number of amides is 1. The molecule has 1 aromatic rings. The zero-order valence-corrected chi connectivity index (χ0v) is 18.1. The minimum atomic E-state index is -0.583. The second-order valence-corrected chi connectivity index (χ2v) is 6.89. The highest BCUT2D eigenvalue weighted by molar-refractivity contribution is 6.30. The summed E-state index contributed by atoms with van der Waals surface area (Å²) in [4.78, 5) is 25.7. The topological polar surface area (TPSA) is 82.4 Å². The van der Waals surface area contributed by atoms with Crippen molar-refractivity contribution in [2.75, 3.05) is 20.7 Å². The minimum Gasteiger partial charge on any atom is -0.495 e. The van der Waals surface area contributed by atoms with E-state index in [1.54, 1.807) is 48.5 Å². The van der Waals surface area contributed by atoms with E-state index in [4.69, 9.17) is 16.3 Å². The van der Waals surface area contributed by atoms with Gasteiger partial charge >= 0.3 is 0 Å². The molecule has 0 aliphatic heterocycles. The summed E-state index contributed by atoms with van der Waals surface area (Å²) in [5.74, 6) is -0.104. The molecular formula is C23H26ClN3O3. The predicted molar refractivity (Wildman–Crippen MR) is 119 cm³/mol. The second-order valence-electron chi connectivity index (χ2n) is 6.45. The third kappa shape index (κ3) is 6.36. The summed E-state index contributed by atoms with van der Waals surface area (Å²) >= 11 is 6.10. The number of carbonyl (C=O) groups excluding carboxylic acids is 2. The molecule has 1 aromatic carbocycles. The SMILES string of the molecule is C=CCNC(=O)C(C(C)C=C)N(C)/C=C(OC)\C(=C/C=O)c1cc(Cl)ccc1C#N. The molecule has 30 heavy (non-hydrogen) atoms. The Hall–Kier alpha value is -3.30. The zero-order valence-electron chi connectivity index (χ0n) is 17.4. The summed E-state index contributed by atoms with van der Waals surface area (Å²) in [6.45, 7) is 9.59. The largest absolute Gasteiger partial charge is 0.495 e. The van der Waals surface area contributed by atoms with E-state index in [1.165, 1.54) is 13.2 Å². The molecule has 0 radical (unpaired) electrons. The van der Waals surface area contributed by atoms with Gasteiger partial charge in [0.2, 0.25) is 5.91 Å². The Labute approximate surface area is 182 Å². The van der Waals surface area contributed by atoms with Crippen molar-refractivity contribution in [3.05, 3.63) is 77.7 Å². The Bertz CT molecular complexity index is 899. The first kappa shape index (κ1) is 24.7. The van der Waals surface area contributed by atoms with Gasteiger partial charge in [-0.15, -0.1) is 13.2 Å². The van der Waals surface area contributed by atoms with Crippen LogP contribution in [0.3, 0.4) is 0 Å². The molecule has 0 spiro atoms. The Morgan fingerprint density at radius 1 is 1.43 bits per heavy atom. The molecule has 0 saturated heterocycles. The molecule has 0 saturated carbocycles. The van der Waals surface area contributed by atoms with Gasteiger partial charge in [0.1, 0.15) is 18.1 Å². The molecule has 1 amide bonds. The standard InChI is InChI=1S/C23H26ClN3O3/c1-6-11-26-23(29)22(16(3)7-2)27(4)15-21(30-5)19(10-12-28)20-13-18(24)9-8-17(20)14-25/h6-10,12-13,15-16,22H,1-2,11H2,3-5H3,(H,26,29)/b19-10-,21-15+. The average molecular weight is 428 g/mol. The van der Waals surface area contributed by atoms with Gasteiger partial charge in [0.15, 0.2) is 0 Å². The number of hydrogen-bond donors (Lipinski definition) is 1. The van der Waals surface area contributed by atoms with Gasteiger partial charge in [-0.2, -0.15) is 5.26 Å². The molecule has 0 fully saturated rings. The van der Waals surface area contributed by atoms with Crippen LogP contribution in [0, 0.1) is 17.2 Å². The number of nitrogens with one attached hydrogen (secondary N) is 1. The van der Waals surface area contributed by atoms with Crippen LogP contribution in [0.1, 0.15) is 18.1 Å². The van der Waals surface area contributed by atoms with Gasteiger partial charge in [-0.1, -0.05) is 30.7 Å². The number of methoxy groups -OCH3 is 1. The highest BCUT2D eigenvalue weighted by atomic mass is 35.5. The molecule has 6 nitrogen and oxygen atoms in total. The van der Waals surface area contributed by atoms with Gasteiger partial charge in [-0.25, -0.2) is 0 Å². The third-order valence-electron chi connectivity index (χ3n) is 4.43. The Balaban J connectivity index is 3.48. The number of carbonyl (C=O) groups is 2. The van der Waals surface area contributed by atoms with Gasteiger partial charge in [-0.3, -0.25) is 9.59 Å². The van der Waals surface area contributed by atoms with Crippen LogP contribution in [0.25, 0.3) is 5.57 Å². The molecule has 2 atom stereocenters. The fourth-order valence-electron chi connectivity index (χ4n) is 2.91. The molecule has 7 heteroatoms. The van der Waals surface area contributed by atoms with Crippen LogP contribution in [0.2, 0.25) is 5.02 Å². The maximum Gasteiger partial charge on any atom is 0.243 e. The summed E-state index contributed by atoms with van der Waals surface area (Å²) < 4.78 is 5.52. The lowest BCUT2D eigenvalue weighted by Crippen LogP contribution is -2.46. The van der Waals surface area contributed by atoms with Crippen molar-refractivity contribution in [2.45, 2.75) is 13.0 Å². The van der Waals surface area contributed by atoms with E-state index in [2.05, 4.69) is 24.5 Å².